The van der Waals surface area contributed by atoms with Crippen LogP contribution in [0.3, 0.4) is 0 Å². The highest BCUT2D eigenvalue weighted by Crippen LogP contribution is 2.54. The van der Waals surface area contributed by atoms with E-state index in [4.69, 9.17) is 9.47 Å². The summed E-state index contributed by atoms with van der Waals surface area (Å²) in [5.74, 6) is -0.447. The standard InChI is InChI=1S/C30H44N6O5S/c1-4-10-30(26(37)36(5-2)24-18-29(20-31,19-25(24)42-30)27(38)41-6-3)21-33-22-8-7-9-23(17-22)34-28(39)32-11-12-35-13-15-40-16-14-35/h7-9,17,24-25,33H,4-6,10-16,18-19,21H2,1-3H3,(H2,32,34,39). The summed E-state index contributed by atoms with van der Waals surface area (Å²) in [5, 5.41) is 19.3. The van der Waals surface area contributed by atoms with Gasteiger partial charge in [-0.15, -0.1) is 11.8 Å². The molecule has 4 atom stereocenters. The molecule has 4 unspecified atom stereocenters. The Balaban J connectivity index is 1.41. The second kappa shape index (κ2) is 14.4. The molecule has 3 N–H and O–H groups in total. The number of hydrogen-bond acceptors (Lipinski definition) is 9. The average Bonchev–Trinajstić information content (AvgIpc) is 3.37. The topological polar surface area (TPSA) is 136 Å². The van der Waals surface area contributed by atoms with Crippen molar-refractivity contribution in [2.75, 3.05) is 69.7 Å². The summed E-state index contributed by atoms with van der Waals surface area (Å²) in [6.07, 6.45) is 2.14. The highest BCUT2D eigenvalue weighted by molar-refractivity contribution is 8.02. The minimum Gasteiger partial charge on any atom is -0.465 e. The number of amides is 3. The molecule has 1 aromatic carbocycles. The zero-order valence-corrected chi connectivity index (χ0v) is 25.8. The number of carbonyl (C=O) groups is 3. The summed E-state index contributed by atoms with van der Waals surface area (Å²) in [4.78, 5) is 43.5. The van der Waals surface area contributed by atoms with Crippen molar-refractivity contribution in [3.63, 3.8) is 0 Å². The molecule has 230 valence electrons. The predicted octanol–water partition coefficient (Wildman–Crippen LogP) is 3.29. The van der Waals surface area contributed by atoms with E-state index < -0.39 is 16.1 Å². The van der Waals surface area contributed by atoms with Crippen LogP contribution >= 0.6 is 11.8 Å². The van der Waals surface area contributed by atoms with Gasteiger partial charge >= 0.3 is 12.0 Å². The molecular formula is C30H44N6O5S. The number of hydrogen-bond donors (Lipinski definition) is 3. The lowest BCUT2D eigenvalue weighted by Crippen LogP contribution is -2.60. The van der Waals surface area contributed by atoms with Crippen LogP contribution < -0.4 is 16.0 Å². The minimum absolute atomic E-state index is 0.0390. The van der Waals surface area contributed by atoms with Crippen molar-refractivity contribution in [2.24, 2.45) is 5.41 Å². The van der Waals surface area contributed by atoms with E-state index in [-0.39, 0.29) is 29.8 Å². The third kappa shape index (κ3) is 7.13. The summed E-state index contributed by atoms with van der Waals surface area (Å²) in [7, 11) is 0. The van der Waals surface area contributed by atoms with Gasteiger partial charge in [-0.25, -0.2) is 4.79 Å². The maximum atomic E-state index is 14.0. The second-order valence-corrected chi connectivity index (χ2v) is 12.8. The van der Waals surface area contributed by atoms with E-state index >= 15 is 0 Å². The Bertz CT molecular complexity index is 1160. The number of morpholine rings is 1. The zero-order chi connectivity index (χ0) is 30.2. The Kier molecular flexibility index (Phi) is 11.0. The molecule has 2 heterocycles. The van der Waals surface area contributed by atoms with Crippen LogP contribution in [0, 0.1) is 16.7 Å². The van der Waals surface area contributed by atoms with Crippen molar-refractivity contribution in [3.8, 4) is 6.07 Å². The lowest BCUT2D eigenvalue weighted by atomic mass is 9.87. The van der Waals surface area contributed by atoms with Gasteiger partial charge in [0.2, 0.25) is 5.91 Å². The SMILES string of the molecule is CCCC1(CNc2cccc(NC(=O)NCCN3CCOCC3)c2)SC2CC(C#N)(C(=O)OCC)CC2N(CC)C1=O. The largest absolute Gasteiger partial charge is 0.465 e. The van der Waals surface area contributed by atoms with E-state index in [2.05, 4.69) is 33.8 Å². The normalized spacial score (nSPS) is 27.6. The molecule has 1 aromatic rings. The number of fused-ring (bicyclic) bond motifs is 1. The van der Waals surface area contributed by atoms with E-state index in [1.54, 1.807) is 18.7 Å². The van der Waals surface area contributed by atoms with Gasteiger partial charge in [-0.1, -0.05) is 19.4 Å². The van der Waals surface area contributed by atoms with Crippen LogP contribution in [0.4, 0.5) is 16.2 Å². The molecule has 4 rings (SSSR count). The maximum absolute atomic E-state index is 14.0. The molecule has 0 spiro atoms. The zero-order valence-electron chi connectivity index (χ0n) is 24.9. The molecule has 2 saturated heterocycles. The summed E-state index contributed by atoms with van der Waals surface area (Å²) >= 11 is 1.61. The molecule has 0 bridgehead atoms. The van der Waals surface area contributed by atoms with Crippen molar-refractivity contribution in [2.45, 2.75) is 62.5 Å². The van der Waals surface area contributed by atoms with Crippen molar-refractivity contribution >= 4 is 41.0 Å². The summed E-state index contributed by atoms with van der Waals surface area (Å²) in [6.45, 7) is 11.4. The molecule has 0 radical (unpaired) electrons. The predicted molar refractivity (Wildman–Crippen MR) is 163 cm³/mol. The Morgan fingerprint density at radius 3 is 2.64 bits per heavy atom. The lowest BCUT2D eigenvalue weighted by molar-refractivity contribution is -0.152. The first-order valence-corrected chi connectivity index (χ1v) is 15.9. The Morgan fingerprint density at radius 2 is 1.95 bits per heavy atom. The van der Waals surface area contributed by atoms with Gasteiger partial charge in [-0.05, 0) is 51.3 Å². The van der Waals surface area contributed by atoms with Crippen molar-refractivity contribution < 1.29 is 23.9 Å². The van der Waals surface area contributed by atoms with E-state index in [9.17, 15) is 19.6 Å². The first-order chi connectivity index (χ1) is 20.3. The van der Waals surface area contributed by atoms with Gasteiger partial charge in [0, 0.05) is 61.9 Å². The fourth-order valence-electron chi connectivity index (χ4n) is 6.24. The minimum atomic E-state index is -1.23. The number of urea groups is 1. The Labute approximate surface area is 253 Å². The highest BCUT2D eigenvalue weighted by atomic mass is 32.2. The van der Waals surface area contributed by atoms with Crippen LogP contribution in [0.2, 0.25) is 0 Å². The van der Waals surface area contributed by atoms with Crippen LogP contribution in [0.5, 0.6) is 0 Å². The van der Waals surface area contributed by atoms with Gasteiger partial charge in [0.25, 0.3) is 0 Å². The van der Waals surface area contributed by atoms with Gasteiger partial charge in [-0.2, -0.15) is 5.26 Å². The van der Waals surface area contributed by atoms with Crippen LogP contribution in [-0.2, 0) is 19.1 Å². The molecule has 11 nitrogen and oxygen atoms in total. The van der Waals surface area contributed by atoms with Gasteiger partial charge in [0.1, 0.15) is 4.75 Å². The summed E-state index contributed by atoms with van der Waals surface area (Å²) < 4.78 is 9.91. The smallest absolute Gasteiger partial charge is 0.326 e. The van der Waals surface area contributed by atoms with E-state index in [1.165, 1.54) is 0 Å². The number of anilines is 2. The molecule has 1 saturated carbocycles. The third-order valence-corrected chi connectivity index (χ3v) is 10.1. The van der Waals surface area contributed by atoms with Crippen LogP contribution in [-0.4, -0.2) is 103 Å². The molecule has 1 aliphatic carbocycles. The summed E-state index contributed by atoms with van der Waals surface area (Å²) in [6, 6.07) is 9.26. The lowest BCUT2D eigenvalue weighted by Gasteiger charge is -2.47. The number of rotatable bonds is 12. The quantitative estimate of drug-likeness (QED) is 0.309. The number of thioether (sulfide) groups is 1. The van der Waals surface area contributed by atoms with Crippen LogP contribution in [0.1, 0.15) is 46.5 Å². The number of esters is 1. The third-order valence-electron chi connectivity index (χ3n) is 8.35. The molecule has 0 aromatic heterocycles. The van der Waals surface area contributed by atoms with Crippen molar-refractivity contribution in [1.82, 2.24) is 15.1 Å². The van der Waals surface area contributed by atoms with Crippen molar-refractivity contribution in [1.29, 1.82) is 5.26 Å². The number of nitrogens with zero attached hydrogens (tertiary/aromatic N) is 3. The molecule has 3 aliphatic rings. The van der Waals surface area contributed by atoms with Crippen LogP contribution in [0.15, 0.2) is 24.3 Å². The molecule has 3 amide bonds. The average molecular weight is 601 g/mol. The number of nitrogens with one attached hydrogen (secondary N) is 3. The molecule has 2 aliphatic heterocycles. The number of ether oxygens (including phenoxy) is 2. The first kappa shape index (κ1) is 31.9. The molecule has 42 heavy (non-hydrogen) atoms. The van der Waals surface area contributed by atoms with E-state index in [0.29, 0.717) is 44.6 Å². The summed E-state index contributed by atoms with van der Waals surface area (Å²) in [5.41, 5.74) is 0.208. The fraction of sp³-hybridized carbons (Fsp3) is 0.667. The number of carbonyl (C=O) groups excluding carboxylic acids is 3. The van der Waals surface area contributed by atoms with Crippen molar-refractivity contribution in [3.05, 3.63) is 24.3 Å². The van der Waals surface area contributed by atoms with Crippen LogP contribution in [0.25, 0.3) is 0 Å². The van der Waals surface area contributed by atoms with Gasteiger partial charge in [0.05, 0.1) is 25.9 Å². The number of nitriles is 1. The molecule has 12 heteroatoms. The molecule has 3 fully saturated rings. The first-order valence-electron chi connectivity index (χ1n) is 15.1. The Hall–Kier alpha value is -3.01. The highest BCUT2D eigenvalue weighted by Gasteiger charge is 2.60. The molecular weight excluding hydrogens is 556 g/mol. The van der Waals surface area contributed by atoms with E-state index in [0.717, 1.165) is 45.0 Å². The number of benzene rings is 1. The van der Waals surface area contributed by atoms with Gasteiger partial charge in [-0.3, -0.25) is 14.5 Å². The second-order valence-electron chi connectivity index (χ2n) is 11.2. The monoisotopic (exact) mass is 600 g/mol. The van der Waals surface area contributed by atoms with E-state index in [1.807, 2.05) is 36.1 Å². The Morgan fingerprint density at radius 1 is 1.19 bits per heavy atom. The van der Waals surface area contributed by atoms with Gasteiger partial charge in [0.15, 0.2) is 5.41 Å². The maximum Gasteiger partial charge on any atom is 0.326 e. The van der Waals surface area contributed by atoms with Gasteiger partial charge < -0.3 is 30.3 Å². The fourth-order valence-corrected chi connectivity index (χ4v) is 8.28.